The van der Waals surface area contributed by atoms with Gasteiger partial charge in [0.05, 0.1) is 20.3 Å². The van der Waals surface area contributed by atoms with Crippen LogP contribution in [0.25, 0.3) is 0 Å². The summed E-state index contributed by atoms with van der Waals surface area (Å²) in [6, 6.07) is 7.94. The number of hydrogen-bond donors (Lipinski definition) is 1. The van der Waals surface area contributed by atoms with E-state index in [9.17, 15) is 0 Å². The molecule has 17 heavy (non-hydrogen) atoms. The molecule has 2 N–H and O–H groups in total. The van der Waals surface area contributed by atoms with E-state index in [0.29, 0.717) is 0 Å². The van der Waals surface area contributed by atoms with Gasteiger partial charge >= 0.3 is 0 Å². The summed E-state index contributed by atoms with van der Waals surface area (Å²) < 4.78 is 10.4. The van der Waals surface area contributed by atoms with Gasteiger partial charge in [-0.15, -0.1) is 0 Å². The first-order valence-corrected chi connectivity index (χ1v) is 6.13. The van der Waals surface area contributed by atoms with E-state index in [2.05, 4.69) is 6.92 Å². The molecular weight excluding hydrogens is 214 g/mol. The molecule has 0 bridgehead atoms. The van der Waals surface area contributed by atoms with Crippen molar-refractivity contribution in [2.24, 2.45) is 11.1 Å². The highest BCUT2D eigenvalue weighted by Gasteiger charge is 2.40. The third kappa shape index (κ3) is 2.99. The van der Waals surface area contributed by atoms with Crippen molar-refractivity contribution in [3.63, 3.8) is 0 Å². The minimum Gasteiger partial charge on any atom is -0.497 e. The maximum absolute atomic E-state index is 6.22. The summed E-state index contributed by atoms with van der Waals surface area (Å²) >= 11 is 0. The fourth-order valence-electron chi connectivity index (χ4n) is 1.84. The fraction of sp³-hybridized carbons (Fsp3) is 0.571. The molecule has 1 heterocycles. The van der Waals surface area contributed by atoms with Crippen LogP contribution in [-0.2, 0) is 4.74 Å². The van der Waals surface area contributed by atoms with E-state index in [4.69, 9.17) is 15.2 Å². The van der Waals surface area contributed by atoms with Gasteiger partial charge < -0.3 is 15.2 Å². The highest BCUT2D eigenvalue weighted by Crippen LogP contribution is 2.38. The molecule has 0 spiro atoms. The summed E-state index contributed by atoms with van der Waals surface area (Å²) in [4.78, 5) is 0. The number of nitrogens with two attached hydrogens (primary N) is 1. The highest BCUT2D eigenvalue weighted by molar-refractivity contribution is 5.31. The van der Waals surface area contributed by atoms with E-state index in [0.717, 1.165) is 24.5 Å². The largest absolute Gasteiger partial charge is 0.497 e. The lowest BCUT2D eigenvalue weighted by Crippen LogP contribution is -2.47. The Kier molecular flexibility index (Phi) is 4.97. The fourth-order valence-corrected chi connectivity index (χ4v) is 1.84. The predicted octanol–water partition coefficient (Wildman–Crippen LogP) is 2.76. The molecule has 1 unspecified atom stereocenters. The van der Waals surface area contributed by atoms with E-state index in [1.54, 1.807) is 7.11 Å². The number of hydrogen-bond acceptors (Lipinski definition) is 3. The van der Waals surface area contributed by atoms with E-state index >= 15 is 0 Å². The second-order valence-electron chi connectivity index (χ2n) is 4.40. The Morgan fingerprint density at radius 3 is 2.47 bits per heavy atom. The molecule has 1 aliphatic heterocycles. The van der Waals surface area contributed by atoms with Crippen molar-refractivity contribution in [3.8, 4) is 5.75 Å². The van der Waals surface area contributed by atoms with Crippen LogP contribution in [-0.4, -0.2) is 20.3 Å². The van der Waals surface area contributed by atoms with Crippen LogP contribution in [0.1, 0.15) is 32.4 Å². The van der Waals surface area contributed by atoms with Gasteiger partial charge in [0.2, 0.25) is 0 Å². The Bertz CT molecular complexity index is 348. The average molecular weight is 237 g/mol. The quantitative estimate of drug-likeness (QED) is 0.879. The van der Waals surface area contributed by atoms with Gasteiger partial charge in [0.15, 0.2) is 0 Å². The van der Waals surface area contributed by atoms with Crippen LogP contribution in [0, 0.1) is 5.41 Å². The molecule has 96 valence electrons. The SMILES string of the molecule is CC.COc1cccc(C(N)C2(C)COC2)c1. The Labute approximate surface area is 104 Å². The second kappa shape index (κ2) is 6.03. The van der Waals surface area contributed by atoms with Crippen LogP contribution in [0.15, 0.2) is 24.3 Å². The Morgan fingerprint density at radius 2 is 2.00 bits per heavy atom. The lowest BCUT2D eigenvalue weighted by atomic mass is 9.77. The minimum absolute atomic E-state index is 0.0151. The predicted molar refractivity (Wildman–Crippen MR) is 70.2 cm³/mol. The van der Waals surface area contributed by atoms with E-state index in [-0.39, 0.29) is 11.5 Å². The van der Waals surface area contributed by atoms with Crippen molar-refractivity contribution in [1.29, 1.82) is 0 Å². The zero-order valence-corrected chi connectivity index (χ0v) is 11.2. The zero-order chi connectivity index (χ0) is 12.9. The van der Waals surface area contributed by atoms with Gasteiger partial charge in [0.1, 0.15) is 5.75 Å². The molecule has 1 aromatic carbocycles. The zero-order valence-electron chi connectivity index (χ0n) is 11.2. The van der Waals surface area contributed by atoms with Crippen molar-refractivity contribution >= 4 is 0 Å². The van der Waals surface area contributed by atoms with Crippen molar-refractivity contribution in [2.75, 3.05) is 20.3 Å². The first-order valence-electron chi connectivity index (χ1n) is 6.13. The van der Waals surface area contributed by atoms with E-state index < -0.39 is 0 Å². The summed E-state index contributed by atoms with van der Waals surface area (Å²) in [5, 5.41) is 0. The van der Waals surface area contributed by atoms with Crippen molar-refractivity contribution < 1.29 is 9.47 Å². The third-order valence-electron chi connectivity index (χ3n) is 3.07. The van der Waals surface area contributed by atoms with Crippen LogP contribution in [0.2, 0.25) is 0 Å². The number of methoxy groups -OCH3 is 1. The number of ether oxygens (including phenoxy) is 2. The molecule has 0 amide bonds. The molecule has 0 aliphatic carbocycles. The summed E-state index contributed by atoms with van der Waals surface area (Å²) in [5.41, 5.74) is 7.41. The Hall–Kier alpha value is -1.06. The second-order valence-corrected chi connectivity index (χ2v) is 4.40. The van der Waals surface area contributed by atoms with Crippen LogP contribution < -0.4 is 10.5 Å². The van der Waals surface area contributed by atoms with Crippen LogP contribution >= 0.6 is 0 Å². The molecule has 3 heteroatoms. The maximum atomic E-state index is 6.22. The smallest absolute Gasteiger partial charge is 0.119 e. The first kappa shape index (κ1) is 14.0. The van der Waals surface area contributed by atoms with Gasteiger partial charge in [-0.1, -0.05) is 32.9 Å². The van der Waals surface area contributed by atoms with Crippen molar-refractivity contribution in [2.45, 2.75) is 26.8 Å². The normalized spacial score (nSPS) is 18.4. The molecule has 0 radical (unpaired) electrons. The standard InChI is InChI=1S/C12H17NO2.C2H6/c1-12(7-15-8-12)11(13)9-4-3-5-10(6-9)14-2;1-2/h3-6,11H,7-8,13H2,1-2H3;1-2H3. The highest BCUT2D eigenvalue weighted by atomic mass is 16.5. The summed E-state index contributed by atoms with van der Waals surface area (Å²) in [6.07, 6.45) is 0. The molecule has 1 aromatic rings. The van der Waals surface area contributed by atoms with Crippen LogP contribution in [0.5, 0.6) is 5.75 Å². The summed E-state index contributed by atoms with van der Waals surface area (Å²) in [6.45, 7) is 7.64. The van der Waals surface area contributed by atoms with E-state index in [1.165, 1.54) is 0 Å². The van der Waals surface area contributed by atoms with Gasteiger partial charge in [-0.05, 0) is 17.7 Å². The molecule has 1 fully saturated rings. The lowest BCUT2D eigenvalue weighted by Gasteiger charge is -2.43. The van der Waals surface area contributed by atoms with Gasteiger partial charge in [-0.3, -0.25) is 0 Å². The molecule has 2 rings (SSSR count). The van der Waals surface area contributed by atoms with Crippen LogP contribution in [0.4, 0.5) is 0 Å². The van der Waals surface area contributed by atoms with Gasteiger partial charge in [0.25, 0.3) is 0 Å². The maximum Gasteiger partial charge on any atom is 0.119 e. The van der Waals surface area contributed by atoms with Gasteiger partial charge in [-0.2, -0.15) is 0 Å². The average Bonchev–Trinajstić information content (AvgIpc) is 2.37. The summed E-state index contributed by atoms with van der Waals surface area (Å²) in [7, 11) is 1.67. The number of benzene rings is 1. The van der Waals surface area contributed by atoms with Crippen molar-refractivity contribution in [1.82, 2.24) is 0 Å². The molecule has 1 saturated heterocycles. The van der Waals surface area contributed by atoms with E-state index in [1.807, 2.05) is 38.1 Å². The first-order chi connectivity index (χ1) is 8.15. The third-order valence-corrected chi connectivity index (χ3v) is 3.07. The minimum atomic E-state index is 0.0151. The Balaban J connectivity index is 0.000000686. The lowest BCUT2D eigenvalue weighted by molar-refractivity contribution is -0.115. The molecule has 3 nitrogen and oxygen atoms in total. The molecular formula is C14H23NO2. The van der Waals surface area contributed by atoms with Crippen molar-refractivity contribution in [3.05, 3.63) is 29.8 Å². The van der Waals surface area contributed by atoms with Crippen LogP contribution in [0.3, 0.4) is 0 Å². The molecule has 0 aromatic heterocycles. The Morgan fingerprint density at radius 1 is 1.35 bits per heavy atom. The van der Waals surface area contributed by atoms with Gasteiger partial charge in [-0.25, -0.2) is 0 Å². The number of rotatable bonds is 3. The topological polar surface area (TPSA) is 44.5 Å². The van der Waals surface area contributed by atoms with Gasteiger partial charge in [0, 0.05) is 11.5 Å². The molecule has 1 atom stereocenters. The summed E-state index contributed by atoms with van der Waals surface area (Å²) in [5.74, 6) is 0.854. The monoisotopic (exact) mass is 237 g/mol. The molecule has 0 saturated carbocycles. The molecule has 1 aliphatic rings.